The van der Waals surface area contributed by atoms with Crippen molar-refractivity contribution in [1.82, 2.24) is 0 Å². The maximum absolute atomic E-state index is 13.3. The predicted octanol–water partition coefficient (Wildman–Crippen LogP) is 4.27. The molecule has 2 aromatic rings. The Kier molecular flexibility index (Phi) is 4.22. The minimum atomic E-state index is -0.498. The fourth-order valence-corrected chi connectivity index (χ4v) is 2.65. The Morgan fingerprint density at radius 1 is 1.18 bits per heavy atom. The zero-order valence-electron chi connectivity index (χ0n) is 11.2. The van der Waals surface area contributed by atoms with Gasteiger partial charge in [-0.2, -0.15) is 0 Å². The molecule has 0 atom stereocenters. The lowest BCUT2D eigenvalue weighted by atomic mass is 10.2. The average molecular weight is 387 g/mol. The third kappa shape index (κ3) is 3.03. The van der Waals surface area contributed by atoms with Crippen LogP contribution in [0.15, 0.2) is 34.8 Å². The third-order valence-electron chi connectivity index (χ3n) is 3.05. The van der Waals surface area contributed by atoms with E-state index < -0.39 is 11.7 Å². The van der Waals surface area contributed by atoms with Crippen LogP contribution in [0, 0.1) is 5.82 Å². The first-order valence-corrected chi connectivity index (χ1v) is 7.57. The minimum Gasteiger partial charge on any atom is -0.486 e. The van der Waals surface area contributed by atoms with E-state index in [9.17, 15) is 9.18 Å². The molecule has 0 aliphatic carbocycles. The first kappa shape index (κ1) is 15.1. The molecule has 0 spiro atoms. The number of anilines is 1. The van der Waals surface area contributed by atoms with E-state index in [4.69, 9.17) is 21.1 Å². The molecule has 0 radical (unpaired) electrons. The molecule has 4 nitrogen and oxygen atoms in total. The molecular weight excluding hydrogens is 377 g/mol. The van der Waals surface area contributed by atoms with Crippen LogP contribution in [0.2, 0.25) is 5.02 Å². The van der Waals surface area contributed by atoms with Crippen molar-refractivity contribution in [3.63, 3.8) is 0 Å². The maximum Gasteiger partial charge on any atom is 0.256 e. The average Bonchev–Trinajstić information content (AvgIpc) is 2.50. The van der Waals surface area contributed by atoms with Crippen LogP contribution < -0.4 is 14.8 Å². The summed E-state index contributed by atoms with van der Waals surface area (Å²) in [5.41, 5.74) is 0.540. The van der Waals surface area contributed by atoms with Crippen LogP contribution in [0.5, 0.6) is 11.5 Å². The molecule has 114 valence electrons. The van der Waals surface area contributed by atoms with Gasteiger partial charge in [0, 0.05) is 16.6 Å². The van der Waals surface area contributed by atoms with Gasteiger partial charge in [-0.05, 0) is 34.1 Å². The van der Waals surface area contributed by atoms with Gasteiger partial charge >= 0.3 is 0 Å². The van der Waals surface area contributed by atoms with Crippen LogP contribution >= 0.6 is 27.5 Å². The van der Waals surface area contributed by atoms with Crippen molar-refractivity contribution in [2.24, 2.45) is 0 Å². The van der Waals surface area contributed by atoms with Gasteiger partial charge in [-0.1, -0.05) is 11.6 Å². The highest BCUT2D eigenvalue weighted by Gasteiger charge is 2.18. The van der Waals surface area contributed by atoms with Gasteiger partial charge in [0.15, 0.2) is 11.5 Å². The second kappa shape index (κ2) is 6.14. The fourth-order valence-electron chi connectivity index (χ4n) is 2.02. The van der Waals surface area contributed by atoms with Crippen molar-refractivity contribution in [2.75, 3.05) is 18.5 Å². The largest absolute Gasteiger partial charge is 0.486 e. The summed E-state index contributed by atoms with van der Waals surface area (Å²) in [5.74, 6) is 0.0528. The summed E-state index contributed by atoms with van der Waals surface area (Å²) in [6.07, 6.45) is 0. The quantitative estimate of drug-likeness (QED) is 0.839. The van der Waals surface area contributed by atoms with Gasteiger partial charge in [-0.25, -0.2) is 4.39 Å². The molecule has 1 N–H and O–H groups in total. The highest BCUT2D eigenvalue weighted by molar-refractivity contribution is 9.10. The first-order chi connectivity index (χ1) is 10.5. The summed E-state index contributed by atoms with van der Waals surface area (Å²) in [6.45, 7) is 0.878. The van der Waals surface area contributed by atoms with Crippen LogP contribution in [-0.2, 0) is 0 Å². The van der Waals surface area contributed by atoms with Crippen LogP contribution in [0.3, 0.4) is 0 Å². The highest BCUT2D eigenvalue weighted by Crippen LogP contribution is 2.38. The number of rotatable bonds is 2. The molecule has 1 aliphatic rings. The van der Waals surface area contributed by atoms with Gasteiger partial charge in [0.25, 0.3) is 5.91 Å². The summed E-state index contributed by atoms with van der Waals surface area (Å²) in [4.78, 5) is 12.3. The monoisotopic (exact) mass is 385 g/mol. The molecule has 22 heavy (non-hydrogen) atoms. The predicted molar refractivity (Wildman–Crippen MR) is 84.5 cm³/mol. The van der Waals surface area contributed by atoms with Crippen molar-refractivity contribution in [1.29, 1.82) is 0 Å². The number of hydrogen-bond donors (Lipinski definition) is 1. The van der Waals surface area contributed by atoms with Crippen LogP contribution in [0.4, 0.5) is 10.1 Å². The summed E-state index contributed by atoms with van der Waals surface area (Å²) >= 11 is 9.35. The molecule has 1 heterocycles. The normalized spacial score (nSPS) is 12.9. The second-order valence-corrected chi connectivity index (χ2v) is 5.82. The third-order valence-corrected chi connectivity index (χ3v) is 4.06. The maximum atomic E-state index is 13.3. The Hall–Kier alpha value is -1.79. The number of carbonyl (C=O) groups is 1. The number of fused-ring (bicyclic) bond motifs is 1. The Morgan fingerprint density at radius 2 is 1.86 bits per heavy atom. The van der Waals surface area contributed by atoms with Gasteiger partial charge in [0.05, 0.1) is 16.3 Å². The van der Waals surface area contributed by atoms with Crippen LogP contribution in [0.25, 0.3) is 0 Å². The standard InChI is InChI=1S/C15H10BrClFNO3/c16-10-2-1-8(18)5-9(10)15(20)19-12-7-14-13(6-11(12)17)21-3-4-22-14/h1-2,5-7H,3-4H2,(H,19,20). The summed E-state index contributed by atoms with van der Waals surface area (Å²) in [7, 11) is 0. The van der Waals surface area contributed by atoms with E-state index in [-0.39, 0.29) is 5.56 Å². The number of ether oxygens (including phenoxy) is 2. The van der Waals surface area contributed by atoms with Gasteiger partial charge in [0.2, 0.25) is 0 Å². The topological polar surface area (TPSA) is 47.6 Å². The summed E-state index contributed by atoms with van der Waals surface area (Å²) < 4.78 is 24.6. The van der Waals surface area contributed by atoms with Crippen molar-refractivity contribution in [2.45, 2.75) is 0 Å². The molecule has 7 heteroatoms. The van der Waals surface area contributed by atoms with E-state index in [2.05, 4.69) is 21.2 Å². The number of benzene rings is 2. The smallest absolute Gasteiger partial charge is 0.256 e. The summed E-state index contributed by atoms with van der Waals surface area (Å²) in [5, 5.41) is 2.95. The number of amides is 1. The number of carbonyl (C=O) groups excluding carboxylic acids is 1. The number of nitrogens with one attached hydrogen (secondary N) is 1. The molecule has 0 saturated carbocycles. The van der Waals surface area contributed by atoms with Crippen molar-refractivity contribution < 1.29 is 18.7 Å². The van der Waals surface area contributed by atoms with Gasteiger partial charge in [-0.3, -0.25) is 4.79 Å². The zero-order valence-corrected chi connectivity index (χ0v) is 13.5. The molecule has 3 rings (SSSR count). The molecular formula is C15H10BrClFNO3. The van der Waals surface area contributed by atoms with E-state index in [1.807, 2.05) is 0 Å². The fraction of sp³-hybridized carbons (Fsp3) is 0.133. The molecule has 0 fully saturated rings. The van der Waals surface area contributed by atoms with Gasteiger partial charge < -0.3 is 14.8 Å². The van der Waals surface area contributed by atoms with E-state index in [1.54, 1.807) is 12.1 Å². The van der Waals surface area contributed by atoms with Crippen LogP contribution in [-0.4, -0.2) is 19.1 Å². The molecule has 0 aromatic heterocycles. The molecule has 0 bridgehead atoms. The van der Waals surface area contributed by atoms with Crippen molar-refractivity contribution >= 4 is 39.1 Å². The van der Waals surface area contributed by atoms with E-state index in [0.717, 1.165) is 6.07 Å². The van der Waals surface area contributed by atoms with Crippen molar-refractivity contribution in [3.8, 4) is 11.5 Å². The van der Waals surface area contributed by atoms with E-state index in [1.165, 1.54) is 12.1 Å². The second-order valence-electron chi connectivity index (χ2n) is 4.55. The lowest BCUT2D eigenvalue weighted by molar-refractivity contribution is 0.102. The lowest BCUT2D eigenvalue weighted by Crippen LogP contribution is -2.17. The minimum absolute atomic E-state index is 0.172. The Labute approximate surface area is 139 Å². The molecule has 0 unspecified atom stereocenters. The number of halogens is 3. The van der Waals surface area contributed by atoms with Gasteiger partial charge in [-0.15, -0.1) is 0 Å². The highest BCUT2D eigenvalue weighted by atomic mass is 79.9. The Bertz CT molecular complexity index is 754. The molecule has 2 aromatic carbocycles. The summed E-state index contributed by atoms with van der Waals surface area (Å²) in [6, 6.07) is 7.03. The zero-order chi connectivity index (χ0) is 15.7. The Balaban J connectivity index is 1.89. The van der Waals surface area contributed by atoms with Crippen LogP contribution in [0.1, 0.15) is 10.4 Å². The SMILES string of the molecule is O=C(Nc1cc2c(cc1Cl)OCCO2)c1cc(F)ccc1Br. The van der Waals surface area contributed by atoms with E-state index >= 15 is 0 Å². The molecule has 1 amide bonds. The molecule has 1 aliphatic heterocycles. The van der Waals surface area contributed by atoms with Gasteiger partial charge in [0.1, 0.15) is 19.0 Å². The lowest BCUT2D eigenvalue weighted by Gasteiger charge is -2.20. The molecule has 0 saturated heterocycles. The van der Waals surface area contributed by atoms with E-state index in [0.29, 0.717) is 39.9 Å². The first-order valence-electron chi connectivity index (χ1n) is 6.40. The number of hydrogen-bond acceptors (Lipinski definition) is 3. The van der Waals surface area contributed by atoms with Crippen molar-refractivity contribution in [3.05, 3.63) is 51.2 Å². The Morgan fingerprint density at radius 3 is 2.59 bits per heavy atom.